The van der Waals surface area contributed by atoms with E-state index >= 15 is 0 Å². The maximum Gasteiger partial charge on any atom is 3.00 e. The van der Waals surface area contributed by atoms with Crippen molar-refractivity contribution in [2.45, 2.75) is 20.8 Å². The van der Waals surface area contributed by atoms with Crippen LogP contribution in [-0.2, 0) is 0 Å². The van der Waals surface area contributed by atoms with Gasteiger partial charge < -0.3 is 15.3 Å². The van der Waals surface area contributed by atoms with Crippen molar-refractivity contribution in [3.8, 4) is 17.2 Å². The van der Waals surface area contributed by atoms with Gasteiger partial charge in [0.15, 0.2) is 0 Å². The van der Waals surface area contributed by atoms with Crippen molar-refractivity contribution in [2.75, 3.05) is 0 Å². The van der Waals surface area contributed by atoms with Gasteiger partial charge in [0.25, 0.3) is 0 Å². The van der Waals surface area contributed by atoms with Crippen molar-refractivity contribution in [3.63, 3.8) is 0 Å². The van der Waals surface area contributed by atoms with Crippen molar-refractivity contribution in [1.82, 2.24) is 9.97 Å². The Morgan fingerprint density at radius 3 is 1.39 bits per heavy atom. The number of hydrogen-bond acceptors (Lipinski definition) is 5. The number of nitrogens with zero attached hydrogens (tertiary/aromatic N) is 2. The Morgan fingerprint density at radius 2 is 1.00 bits per heavy atom. The van der Waals surface area contributed by atoms with Gasteiger partial charge in [0.05, 0.1) is 11.0 Å². The molecule has 2 aromatic heterocycles. The number of benzene rings is 3. The van der Waals surface area contributed by atoms with E-state index in [1.165, 1.54) is 12.1 Å². The molecule has 3 aromatic carbocycles. The zero-order valence-corrected chi connectivity index (χ0v) is 19.9. The molecule has 0 aliphatic rings. The van der Waals surface area contributed by atoms with E-state index in [1.54, 1.807) is 30.3 Å². The zero-order chi connectivity index (χ0) is 23.1. The van der Waals surface area contributed by atoms with E-state index in [4.69, 9.17) is 0 Å². The predicted molar refractivity (Wildman–Crippen MR) is 128 cm³/mol. The quantitative estimate of drug-likeness (QED) is 0.333. The average Bonchev–Trinajstić information content (AvgIpc) is 2.76. The van der Waals surface area contributed by atoms with Crippen molar-refractivity contribution in [2.24, 2.45) is 0 Å². The number of hydrogen-bond donors (Lipinski definition) is 0. The van der Waals surface area contributed by atoms with Crippen LogP contribution in [0.15, 0.2) is 84.9 Å². The van der Waals surface area contributed by atoms with Gasteiger partial charge in [-0.25, -0.2) is 0 Å². The van der Waals surface area contributed by atoms with Crippen LogP contribution in [0.2, 0.25) is 0 Å². The molecule has 5 nitrogen and oxygen atoms in total. The maximum absolute atomic E-state index is 11.3. The van der Waals surface area contributed by atoms with Crippen molar-refractivity contribution in [1.29, 1.82) is 0 Å². The molecule has 0 bridgehead atoms. The van der Waals surface area contributed by atoms with Crippen LogP contribution in [0.5, 0.6) is 17.2 Å². The summed E-state index contributed by atoms with van der Waals surface area (Å²) in [5.41, 5.74) is 3.92. The molecule has 5 rings (SSSR count). The fraction of sp³-hybridized carbons (Fsp3) is 0.111. The summed E-state index contributed by atoms with van der Waals surface area (Å²) >= 11 is 0. The van der Waals surface area contributed by atoms with Gasteiger partial charge in [-0.2, -0.15) is 0 Å². The van der Waals surface area contributed by atoms with Crippen LogP contribution in [0, 0.1) is 20.8 Å². The van der Waals surface area contributed by atoms with Gasteiger partial charge in [0.1, 0.15) is 0 Å². The van der Waals surface area contributed by atoms with Crippen molar-refractivity contribution < 1.29 is 15.3 Å². The minimum atomic E-state index is -0.00352. The third-order valence-electron chi connectivity index (χ3n) is 4.63. The smallest absolute Gasteiger partial charge is 0.872 e. The second-order valence-electron chi connectivity index (χ2n) is 7.38. The molecule has 2 heterocycles. The SMILES string of the molecule is Cc1ccc2cccc([O-])c2n1.Cc1ccc2cccc([O-])c2n1.Cc1cccc([O-])c1.[Al+3]. The monoisotopic (exact) mass is 450 g/mol. The van der Waals surface area contributed by atoms with Crippen molar-refractivity contribution >= 4 is 39.2 Å². The van der Waals surface area contributed by atoms with E-state index in [2.05, 4.69) is 9.97 Å². The first-order valence-corrected chi connectivity index (χ1v) is 10.1. The zero-order valence-electron chi connectivity index (χ0n) is 18.8. The van der Waals surface area contributed by atoms with Crippen LogP contribution in [0.25, 0.3) is 21.8 Å². The van der Waals surface area contributed by atoms with Gasteiger partial charge in [-0.3, -0.25) is 9.97 Å². The first-order chi connectivity index (χ1) is 15.3. The number of para-hydroxylation sites is 2. The first-order valence-electron chi connectivity index (χ1n) is 10.1. The molecule has 0 saturated carbocycles. The number of fused-ring (bicyclic) bond motifs is 2. The normalized spacial score (nSPS) is 9.79. The number of pyridine rings is 2. The minimum absolute atomic E-state index is 0. The summed E-state index contributed by atoms with van der Waals surface area (Å²) < 4.78 is 0. The van der Waals surface area contributed by atoms with Gasteiger partial charge >= 0.3 is 17.4 Å². The Labute approximate surface area is 204 Å². The molecule has 0 aliphatic heterocycles. The second-order valence-corrected chi connectivity index (χ2v) is 7.38. The standard InChI is InChI=1S/2C10H9NO.C7H8O.Al/c2*1-7-5-6-8-3-2-4-9(12)10(8)11-7;1-6-3-2-4-7(8)5-6;/h2*2-6,12H,1H3;2-5,8H,1H3;/q;;;+3/p-3. The van der Waals surface area contributed by atoms with Crippen molar-refractivity contribution in [3.05, 3.63) is 102 Å². The summed E-state index contributed by atoms with van der Waals surface area (Å²) in [6, 6.07) is 24.8. The fourth-order valence-electron chi connectivity index (χ4n) is 3.05. The maximum atomic E-state index is 11.3. The van der Waals surface area contributed by atoms with E-state index in [1.807, 2.05) is 63.2 Å². The Bertz CT molecular complexity index is 1260. The fourth-order valence-corrected chi connectivity index (χ4v) is 3.05. The van der Waals surface area contributed by atoms with E-state index in [0.717, 1.165) is 27.7 Å². The molecule has 0 N–H and O–H groups in total. The summed E-state index contributed by atoms with van der Waals surface area (Å²) in [6.45, 7) is 5.67. The summed E-state index contributed by atoms with van der Waals surface area (Å²) in [5, 5.41) is 34.8. The summed E-state index contributed by atoms with van der Waals surface area (Å²) in [4.78, 5) is 8.33. The van der Waals surface area contributed by atoms with E-state index in [9.17, 15) is 15.3 Å². The molecule has 0 fully saturated rings. The van der Waals surface area contributed by atoms with Crippen LogP contribution in [0.3, 0.4) is 0 Å². The molecule has 0 radical (unpaired) electrons. The molecular weight excluding hydrogens is 427 g/mol. The Morgan fingerprint density at radius 1 is 0.545 bits per heavy atom. The van der Waals surface area contributed by atoms with Gasteiger partial charge in [-0.15, -0.1) is 5.75 Å². The minimum Gasteiger partial charge on any atom is -0.872 e. The van der Waals surface area contributed by atoms with E-state index in [0.29, 0.717) is 11.0 Å². The van der Waals surface area contributed by atoms with Crippen LogP contribution in [0.4, 0.5) is 0 Å². The average molecular weight is 450 g/mol. The predicted octanol–water partition coefficient (Wildman–Crippen LogP) is 3.92. The van der Waals surface area contributed by atoms with Gasteiger partial charge in [0.2, 0.25) is 0 Å². The number of rotatable bonds is 0. The second kappa shape index (κ2) is 11.9. The largest absolute Gasteiger partial charge is 3.00 e. The third-order valence-corrected chi connectivity index (χ3v) is 4.63. The van der Waals surface area contributed by atoms with Gasteiger partial charge in [-0.1, -0.05) is 89.9 Å². The van der Waals surface area contributed by atoms with Gasteiger partial charge in [0, 0.05) is 11.4 Å². The summed E-state index contributed by atoms with van der Waals surface area (Å²) in [7, 11) is 0. The molecule has 0 saturated heterocycles. The molecule has 162 valence electrons. The molecule has 33 heavy (non-hydrogen) atoms. The molecule has 6 heteroatoms. The van der Waals surface area contributed by atoms with Gasteiger partial charge in [-0.05, 0) is 43.7 Å². The Balaban J connectivity index is 0.000000177. The first kappa shape index (κ1) is 25.7. The topological polar surface area (TPSA) is 95.0 Å². The molecule has 0 atom stereocenters. The molecular formula is C27H23AlN2O3. The molecule has 0 spiro atoms. The summed E-state index contributed by atoms with van der Waals surface area (Å²) in [5.74, 6) is 0.0809. The number of aromatic nitrogens is 2. The van der Waals surface area contributed by atoms with E-state index < -0.39 is 0 Å². The Hall–Kier alpha value is -3.59. The van der Waals surface area contributed by atoms with Crippen LogP contribution >= 0.6 is 0 Å². The molecule has 0 amide bonds. The number of aryl methyl sites for hydroxylation is 3. The Kier molecular flexibility index (Phi) is 9.23. The molecule has 5 aromatic rings. The molecule has 0 aliphatic carbocycles. The van der Waals surface area contributed by atoms with Crippen LogP contribution in [0.1, 0.15) is 17.0 Å². The molecule has 0 unspecified atom stereocenters. The third kappa shape index (κ3) is 7.22. The van der Waals surface area contributed by atoms with Crippen LogP contribution < -0.4 is 15.3 Å². The van der Waals surface area contributed by atoms with E-state index in [-0.39, 0.29) is 34.6 Å². The van der Waals surface area contributed by atoms with Crippen LogP contribution in [-0.4, -0.2) is 27.3 Å². The summed E-state index contributed by atoms with van der Waals surface area (Å²) in [6.07, 6.45) is 0.